The molecular weight excluding hydrogens is 308 g/mol. The fourth-order valence-electron chi connectivity index (χ4n) is 2.90. The molecule has 1 aromatic heterocycles. The van der Waals surface area contributed by atoms with E-state index in [2.05, 4.69) is 11.4 Å². The number of amides is 3. The van der Waals surface area contributed by atoms with Gasteiger partial charge in [-0.25, -0.2) is 4.79 Å². The van der Waals surface area contributed by atoms with E-state index in [9.17, 15) is 9.59 Å². The highest BCUT2D eigenvalue weighted by molar-refractivity contribution is 6.06. The maximum atomic E-state index is 12.6. The van der Waals surface area contributed by atoms with E-state index in [1.165, 1.54) is 6.26 Å². The molecule has 1 aliphatic heterocycles. The van der Waals surface area contributed by atoms with E-state index in [1.54, 1.807) is 19.1 Å². The molecule has 0 aliphatic carbocycles. The molecular formula is C18H20N2O4. The van der Waals surface area contributed by atoms with Gasteiger partial charge in [0.25, 0.3) is 5.91 Å². The van der Waals surface area contributed by atoms with Crippen LogP contribution in [0.5, 0.6) is 5.75 Å². The Hall–Kier alpha value is -2.76. The summed E-state index contributed by atoms with van der Waals surface area (Å²) >= 11 is 0. The summed E-state index contributed by atoms with van der Waals surface area (Å²) in [6.07, 6.45) is 1.48. The van der Waals surface area contributed by atoms with E-state index in [-0.39, 0.29) is 19.1 Å². The highest BCUT2D eigenvalue weighted by Crippen LogP contribution is 2.28. The van der Waals surface area contributed by atoms with Gasteiger partial charge in [-0.05, 0) is 56.2 Å². The van der Waals surface area contributed by atoms with Crippen LogP contribution in [0.1, 0.15) is 23.8 Å². The Morgan fingerprint density at radius 1 is 1.21 bits per heavy atom. The minimum atomic E-state index is -1.17. The lowest BCUT2D eigenvalue weighted by Crippen LogP contribution is -2.41. The van der Waals surface area contributed by atoms with Crippen molar-refractivity contribution in [3.8, 4) is 5.75 Å². The molecule has 0 spiro atoms. The number of hydrogen-bond acceptors (Lipinski definition) is 4. The van der Waals surface area contributed by atoms with Gasteiger partial charge < -0.3 is 14.5 Å². The lowest BCUT2D eigenvalue weighted by Gasteiger charge is -2.19. The average molecular weight is 328 g/mol. The molecule has 2 heterocycles. The molecule has 2 aromatic rings. The minimum Gasteiger partial charge on any atom is -0.492 e. The first-order chi connectivity index (χ1) is 11.4. The van der Waals surface area contributed by atoms with Crippen molar-refractivity contribution in [2.45, 2.75) is 26.3 Å². The van der Waals surface area contributed by atoms with Crippen LogP contribution in [0.15, 0.2) is 41.0 Å². The van der Waals surface area contributed by atoms with Crippen molar-refractivity contribution in [1.29, 1.82) is 0 Å². The molecule has 0 saturated carbocycles. The first-order valence-electron chi connectivity index (χ1n) is 7.79. The number of benzene rings is 1. The van der Waals surface area contributed by atoms with E-state index >= 15 is 0 Å². The van der Waals surface area contributed by atoms with E-state index in [0.717, 1.165) is 21.8 Å². The second kappa shape index (κ2) is 6.03. The molecule has 24 heavy (non-hydrogen) atoms. The van der Waals surface area contributed by atoms with Gasteiger partial charge >= 0.3 is 6.03 Å². The zero-order valence-corrected chi connectivity index (χ0v) is 14.0. The summed E-state index contributed by atoms with van der Waals surface area (Å²) in [6.45, 7) is 6.03. The first-order valence-corrected chi connectivity index (χ1v) is 7.79. The summed E-state index contributed by atoms with van der Waals surface area (Å²) < 4.78 is 11.0. The number of imide groups is 1. The number of aryl methyl sites for hydroxylation is 2. The topological polar surface area (TPSA) is 71.8 Å². The molecule has 6 heteroatoms. The summed E-state index contributed by atoms with van der Waals surface area (Å²) in [5.74, 6) is 0.804. The van der Waals surface area contributed by atoms with E-state index in [4.69, 9.17) is 9.15 Å². The van der Waals surface area contributed by atoms with Crippen molar-refractivity contribution in [2.75, 3.05) is 13.2 Å². The highest BCUT2D eigenvalue weighted by atomic mass is 16.5. The third-order valence-electron chi connectivity index (χ3n) is 4.07. The van der Waals surface area contributed by atoms with Crippen LogP contribution in [-0.2, 0) is 10.3 Å². The molecule has 3 amide bonds. The molecule has 0 radical (unpaired) electrons. The summed E-state index contributed by atoms with van der Waals surface area (Å²) in [6, 6.07) is 8.82. The smallest absolute Gasteiger partial charge is 0.325 e. The van der Waals surface area contributed by atoms with Crippen molar-refractivity contribution in [2.24, 2.45) is 0 Å². The number of nitrogens with one attached hydrogen (secondary N) is 1. The maximum absolute atomic E-state index is 12.6. The minimum absolute atomic E-state index is 0.175. The molecule has 3 rings (SSSR count). The SMILES string of the molecule is Cc1cc(C)cc(OCCN2C(=O)N[C@](C)(c3ccco3)C2=O)c1. The first kappa shape index (κ1) is 16.1. The molecule has 1 fully saturated rings. The predicted octanol–water partition coefficient (Wildman–Crippen LogP) is 2.74. The van der Waals surface area contributed by atoms with Crippen molar-refractivity contribution in [1.82, 2.24) is 10.2 Å². The third kappa shape index (κ3) is 2.87. The van der Waals surface area contributed by atoms with Gasteiger partial charge in [-0.1, -0.05) is 6.07 Å². The van der Waals surface area contributed by atoms with Crippen LogP contribution in [0.4, 0.5) is 4.79 Å². The molecule has 126 valence electrons. The Balaban J connectivity index is 1.65. The van der Waals surface area contributed by atoms with Crippen molar-refractivity contribution in [3.63, 3.8) is 0 Å². The second-order valence-electron chi connectivity index (χ2n) is 6.16. The fourth-order valence-corrected chi connectivity index (χ4v) is 2.90. The number of rotatable bonds is 5. The Morgan fingerprint density at radius 2 is 1.92 bits per heavy atom. The van der Waals surface area contributed by atoms with Crippen LogP contribution in [0, 0.1) is 13.8 Å². The maximum Gasteiger partial charge on any atom is 0.325 e. The Labute approximate surface area is 140 Å². The quantitative estimate of drug-likeness (QED) is 0.857. The predicted molar refractivity (Wildman–Crippen MR) is 87.7 cm³/mol. The Morgan fingerprint density at radius 3 is 2.54 bits per heavy atom. The lowest BCUT2D eigenvalue weighted by atomic mass is 9.99. The van der Waals surface area contributed by atoms with Crippen molar-refractivity contribution >= 4 is 11.9 Å². The van der Waals surface area contributed by atoms with E-state index in [0.29, 0.717) is 5.76 Å². The van der Waals surface area contributed by atoms with Gasteiger partial charge in [0.15, 0.2) is 5.54 Å². The largest absolute Gasteiger partial charge is 0.492 e. The number of furan rings is 1. The molecule has 1 atom stereocenters. The Bertz CT molecular complexity index is 749. The van der Waals surface area contributed by atoms with E-state index < -0.39 is 11.6 Å². The third-order valence-corrected chi connectivity index (χ3v) is 4.07. The summed E-state index contributed by atoms with van der Waals surface area (Å²) in [4.78, 5) is 25.9. The normalized spacial score (nSPS) is 20.4. The van der Waals surface area contributed by atoms with Crippen molar-refractivity contribution in [3.05, 3.63) is 53.5 Å². The zero-order valence-electron chi connectivity index (χ0n) is 14.0. The summed E-state index contributed by atoms with van der Waals surface area (Å²) in [5.41, 5.74) is 1.04. The molecule has 0 bridgehead atoms. The van der Waals surface area contributed by atoms with Gasteiger partial charge in [0.1, 0.15) is 18.1 Å². The van der Waals surface area contributed by atoms with Gasteiger partial charge in [-0.3, -0.25) is 9.69 Å². The van der Waals surface area contributed by atoms with Gasteiger partial charge in [-0.15, -0.1) is 0 Å². The van der Waals surface area contributed by atoms with Gasteiger partial charge in [0, 0.05) is 0 Å². The van der Waals surface area contributed by atoms with Crippen LogP contribution >= 0.6 is 0 Å². The van der Waals surface area contributed by atoms with Gasteiger partial charge in [0.2, 0.25) is 0 Å². The van der Waals surface area contributed by atoms with Gasteiger partial charge in [-0.2, -0.15) is 0 Å². The van der Waals surface area contributed by atoms with E-state index in [1.807, 2.05) is 26.0 Å². The Kier molecular flexibility index (Phi) is 4.05. The number of carbonyl (C=O) groups excluding carboxylic acids is 2. The molecule has 1 saturated heterocycles. The molecule has 6 nitrogen and oxygen atoms in total. The number of carbonyl (C=O) groups is 2. The lowest BCUT2D eigenvalue weighted by molar-refractivity contribution is -0.131. The number of hydrogen-bond donors (Lipinski definition) is 1. The molecule has 1 aromatic carbocycles. The number of nitrogens with zero attached hydrogens (tertiary/aromatic N) is 1. The summed E-state index contributed by atoms with van der Waals surface area (Å²) in [7, 11) is 0. The fraction of sp³-hybridized carbons (Fsp3) is 0.333. The van der Waals surface area contributed by atoms with Gasteiger partial charge in [0.05, 0.1) is 12.8 Å². The second-order valence-corrected chi connectivity index (χ2v) is 6.16. The molecule has 1 N–H and O–H groups in total. The molecule has 1 aliphatic rings. The molecule has 0 unspecified atom stereocenters. The summed E-state index contributed by atoms with van der Waals surface area (Å²) in [5, 5.41) is 2.69. The monoisotopic (exact) mass is 328 g/mol. The number of ether oxygens (including phenoxy) is 1. The van der Waals surface area contributed by atoms with Crippen LogP contribution in [0.25, 0.3) is 0 Å². The van der Waals surface area contributed by atoms with Crippen LogP contribution in [0.3, 0.4) is 0 Å². The zero-order chi connectivity index (χ0) is 17.3. The highest BCUT2D eigenvalue weighted by Gasteiger charge is 2.50. The van der Waals surface area contributed by atoms with Crippen LogP contribution in [0.2, 0.25) is 0 Å². The average Bonchev–Trinajstić information content (AvgIpc) is 3.10. The standard InChI is InChI=1S/C18H20N2O4/c1-12-9-13(2)11-14(10-12)23-8-6-20-16(21)18(3,19-17(20)22)15-5-4-7-24-15/h4-5,7,9-11H,6,8H2,1-3H3,(H,19,22)/t18-/m1/s1. The number of urea groups is 1. The van der Waals surface area contributed by atoms with Crippen LogP contribution in [-0.4, -0.2) is 30.0 Å². The van der Waals surface area contributed by atoms with Crippen LogP contribution < -0.4 is 10.1 Å². The van der Waals surface area contributed by atoms with Crippen molar-refractivity contribution < 1.29 is 18.7 Å².